The second-order valence-electron chi connectivity index (χ2n) is 5.38. The summed E-state index contributed by atoms with van der Waals surface area (Å²) in [6.45, 7) is 1.90. The Morgan fingerprint density at radius 1 is 1.41 bits per heavy atom. The largest absolute Gasteiger partial charge is 0.493 e. The normalized spacial score (nSPS) is 17.1. The molecule has 1 aliphatic rings. The fourth-order valence-corrected chi connectivity index (χ4v) is 2.40. The molecule has 0 heterocycles. The molecule has 0 bridgehead atoms. The first-order valence-corrected chi connectivity index (χ1v) is 7.91. The molecule has 8 heteroatoms. The van der Waals surface area contributed by atoms with Gasteiger partial charge in [-0.25, -0.2) is 17.4 Å². The third kappa shape index (κ3) is 4.19. The minimum Gasteiger partial charge on any atom is -0.493 e. The zero-order valence-electron chi connectivity index (χ0n) is 12.4. The van der Waals surface area contributed by atoms with Gasteiger partial charge in [-0.2, -0.15) is 0 Å². The van der Waals surface area contributed by atoms with Gasteiger partial charge in [0.1, 0.15) is 5.75 Å². The molecule has 0 saturated heterocycles. The average Bonchev–Trinajstić information content (AvgIpc) is 3.26. The molecular formula is C14H19NO6S. The van der Waals surface area contributed by atoms with E-state index in [1.54, 1.807) is 0 Å². The minimum absolute atomic E-state index is 0.291. The Morgan fingerprint density at radius 3 is 2.64 bits per heavy atom. The van der Waals surface area contributed by atoms with Crippen LogP contribution < -0.4 is 10.5 Å². The van der Waals surface area contributed by atoms with Crippen molar-refractivity contribution in [2.24, 2.45) is 11.7 Å². The van der Waals surface area contributed by atoms with Crippen molar-refractivity contribution in [3.8, 4) is 5.75 Å². The van der Waals surface area contributed by atoms with Crippen molar-refractivity contribution in [1.82, 2.24) is 0 Å². The molecule has 7 nitrogen and oxygen atoms in total. The summed E-state index contributed by atoms with van der Waals surface area (Å²) in [4.78, 5) is 11.6. The first kappa shape index (κ1) is 16.7. The molecule has 2 N–H and O–H groups in total. The Labute approximate surface area is 130 Å². The van der Waals surface area contributed by atoms with Crippen LogP contribution >= 0.6 is 0 Å². The predicted octanol–water partition coefficient (Wildman–Crippen LogP) is 0.936. The monoisotopic (exact) mass is 329 g/mol. The highest BCUT2D eigenvalue weighted by Gasteiger charge is 2.30. The highest BCUT2D eigenvalue weighted by molar-refractivity contribution is 7.67. The zero-order chi connectivity index (χ0) is 16.3. The molecule has 1 aromatic rings. The van der Waals surface area contributed by atoms with Crippen molar-refractivity contribution in [2.45, 2.75) is 25.5 Å². The van der Waals surface area contributed by atoms with Gasteiger partial charge in [0.25, 0.3) is 11.0 Å². The number of methoxy groups -OCH3 is 1. The van der Waals surface area contributed by atoms with E-state index < -0.39 is 22.7 Å². The minimum atomic E-state index is -3.13. The van der Waals surface area contributed by atoms with E-state index in [-0.39, 0.29) is 0 Å². The lowest BCUT2D eigenvalue weighted by Gasteiger charge is -2.25. The Kier molecular flexibility index (Phi) is 5.05. The number of hydrogen-bond acceptors (Lipinski definition) is 7. The quantitative estimate of drug-likeness (QED) is 0.435. The number of benzene rings is 1. The second-order valence-corrected chi connectivity index (χ2v) is 6.01. The Hall–Kier alpha value is -1.64. The maximum absolute atomic E-state index is 11.6. The van der Waals surface area contributed by atoms with Crippen molar-refractivity contribution in [2.75, 3.05) is 13.7 Å². The molecule has 1 saturated carbocycles. The number of carbonyl (C=O) groups excluding carboxylic acids is 1. The summed E-state index contributed by atoms with van der Waals surface area (Å²) in [5, 5.41) is 0. The highest BCUT2D eigenvalue weighted by atomic mass is 32.2. The van der Waals surface area contributed by atoms with E-state index in [1.165, 1.54) is 32.2 Å². The Bertz CT molecular complexity index is 628. The van der Waals surface area contributed by atoms with Crippen LogP contribution in [-0.4, -0.2) is 28.1 Å². The van der Waals surface area contributed by atoms with Gasteiger partial charge in [-0.1, -0.05) is 6.07 Å². The molecule has 1 unspecified atom stereocenters. The predicted molar refractivity (Wildman–Crippen MR) is 78.9 cm³/mol. The topological polar surface area (TPSA) is 105 Å². The van der Waals surface area contributed by atoms with Crippen LogP contribution in [0.5, 0.6) is 5.75 Å². The number of hydrogen-bond donors (Lipinski definition) is 2. The fourth-order valence-electron chi connectivity index (χ4n) is 1.99. The van der Waals surface area contributed by atoms with Crippen molar-refractivity contribution in [3.63, 3.8) is 0 Å². The molecule has 0 amide bonds. The third-order valence-electron chi connectivity index (χ3n) is 3.37. The summed E-state index contributed by atoms with van der Waals surface area (Å²) >= 11 is 0. The number of esters is 1. The van der Waals surface area contributed by atoms with E-state index in [4.69, 9.17) is 14.7 Å². The fraction of sp³-hybridized carbons (Fsp3) is 0.500. The molecule has 22 heavy (non-hydrogen) atoms. The summed E-state index contributed by atoms with van der Waals surface area (Å²) in [7, 11) is -1.85. The SMILES string of the molecule is COC(=O)c1ccc(C(C)(N)O[SH](=O)=O)c(OCC2CC2)c1. The van der Waals surface area contributed by atoms with Crippen molar-refractivity contribution >= 4 is 17.0 Å². The van der Waals surface area contributed by atoms with Crippen LogP contribution in [-0.2, 0) is 25.6 Å². The lowest BCUT2D eigenvalue weighted by Crippen LogP contribution is -2.36. The van der Waals surface area contributed by atoms with E-state index in [2.05, 4.69) is 4.74 Å². The van der Waals surface area contributed by atoms with Gasteiger partial charge in [-0.05, 0) is 37.8 Å². The van der Waals surface area contributed by atoms with E-state index in [9.17, 15) is 13.2 Å². The number of thiol groups is 1. The van der Waals surface area contributed by atoms with Gasteiger partial charge in [0, 0.05) is 5.56 Å². The van der Waals surface area contributed by atoms with Gasteiger partial charge in [-0.3, -0.25) is 5.73 Å². The second kappa shape index (κ2) is 6.64. The van der Waals surface area contributed by atoms with Gasteiger partial charge in [-0.15, -0.1) is 0 Å². The standard InChI is InChI=1S/C14H19NO6S/c1-14(15,21-22(17)18)11-6-5-10(13(16)19-2)7-12(11)20-8-9-3-4-9/h5-7,9,22H,3-4,8,15H2,1-2H3. The summed E-state index contributed by atoms with van der Waals surface area (Å²) in [5.41, 5.74) is 4.98. The molecule has 122 valence electrons. The molecule has 0 aromatic heterocycles. The molecule has 0 aliphatic heterocycles. The van der Waals surface area contributed by atoms with E-state index in [0.717, 1.165) is 12.8 Å². The van der Waals surface area contributed by atoms with Crippen LogP contribution in [0.15, 0.2) is 18.2 Å². The van der Waals surface area contributed by atoms with Crippen LogP contribution in [0.3, 0.4) is 0 Å². The maximum atomic E-state index is 11.6. The average molecular weight is 329 g/mol. The highest BCUT2D eigenvalue weighted by Crippen LogP contribution is 2.34. The molecule has 1 aliphatic carbocycles. The van der Waals surface area contributed by atoms with Crippen molar-refractivity contribution in [1.29, 1.82) is 0 Å². The van der Waals surface area contributed by atoms with Crippen LogP contribution in [0.1, 0.15) is 35.7 Å². The molecule has 1 atom stereocenters. The summed E-state index contributed by atoms with van der Waals surface area (Å²) in [5.74, 6) is 0.282. The number of nitrogens with two attached hydrogens (primary N) is 1. The summed E-state index contributed by atoms with van der Waals surface area (Å²) in [6.07, 6.45) is 2.18. The van der Waals surface area contributed by atoms with E-state index in [0.29, 0.717) is 29.4 Å². The van der Waals surface area contributed by atoms with E-state index >= 15 is 0 Å². The lowest BCUT2D eigenvalue weighted by atomic mass is 10.0. The third-order valence-corrected chi connectivity index (χ3v) is 3.90. The first-order valence-electron chi connectivity index (χ1n) is 6.81. The summed E-state index contributed by atoms with van der Waals surface area (Å²) in [6, 6.07) is 4.47. The molecule has 2 rings (SSSR count). The van der Waals surface area contributed by atoms with E-state index in [1.807, 2.05) is 0 Å². The van der Waals surface area contributed by atoms with Crippen LogP contribution in [0.4, 0.5) is 0 Å². The van der Waals surface area contributed by atoms with Crippen molar-refractivity contribution < 1.29 is 26.9 Å². The van der Waals surface area contributed by atoms with Gasteiger partial charge < -0.3 is 9.47 Å². The number of carbonyl (C=O) groups is 1. The van der Waals surface area contributed by atoms with Crippen molar-refractivity contribution in [3.05, 3.63) is 29.3 Å². The first-order chi connectivity index (χ1) is 10.3. The van der Waals surface area contributed by atoms with Crippen LogP contribution in [0, 0.1) is 5.92 Å². The van der Waals surface area contributed by atoms with Gasteiger partial charge >= 0.3 is 5.97 Å². The Morgan fingerprint density at radius 2 is 2.09 bits per heavy atom. The smallest absolute Gasteiger partial charge is 0.337 e. The maximum Gasteiger partial charge on any atom is 0.337 e. The van der Waals surface area contributed by atoms with Gasteiger partial charge in [0.15, 0.2) is 5.72 Å². The van der Waals surface area contributed by atoms with Crippen LogP contribution in [0.2, 0.25) is 0 Å². The number of rotatable bonds is 7. The molecule has 1 fully saturated rings. The molecule has 0 radical (unpaired) electrons. The summed E-state index contributed by atoms with van der Waals surface area (Å²) < 4.78 is 36.7. The molecule has 0 spiro atoms. The van der Waals surface area contributed by atoms with Gasteiger partial charge in [0.05, 0.1) is 19.3 Å². The molecule has 1 aromatic carbocycles. The zero-order valence-corrected chi connectivity index (χ0v) is 13.3. The van der Waals surface area contributed by atoms with Crippen LogP contribution in [0.25, 0.3) is 0 Å². The molecular weight excluding hydrogens is 310 g/mol. The number of ether oxygens (including phenoxy) is 2. The van der Waals surface area contributed by atoms with Gasteiger partial charge in [0.2, 0.25) is 0 Å². The Balaban J connectivity index is 2.34. The lowest BCUT2D eigenvalue weighted by molar-refractivity contribution is 0.0598.